The second-order valence-corrected chi connectivity index (χ2v) is 9.26. The Kier molecular flexibility index (Phi) is 9.99. The molecule has 9 nitrogen and oxygen atoms in total. The number of halogens is 1. The number of quaternary nitrogens is 1. The lowest BCUT2D eigenvalue weighted by atomic mass is 10.2. The van der Waals surface area contributed by atoms with Crippen LogP contribution >= 0.6 is 22.9 Å². The molecular formula is C19H33ClN5O4S+. The number of ether oxygens (including phenoxy) is 1. The van der Waals surface area contributed by atoms with Crippen LogP contribution in [0, 0.1) is 0 Å². The summed E-state index contributed by atoms with van der Waals surface area (Å²) in [7, 11) is 0. The van der Waals surface area contributed by atoms with Crippen LogP contribution in [0.5, 0.6) is 0 Å². The molecule has 1 aromatic heterocycles. The number of carbonyl (C=O) groups is 2. The van der Waals surface area contributed by atoms with Gasteiger partial charge in [0.1, 0.15) is 22.2 Å². The number of nitrogen functional groups attached to an aromatic ring is 1. The standard InChI is InChI=1S/C19H32ClN5O4S/c1-7-25(8-2,9-3)16(26)14(13-15(20)30-17(21)23-13)24-28-12-10-11-22-18(27)29-19(4,5)6/h7-12H2,1-6H3,(H2-,21,22,23,27)/p+1/b24-14-. The predicted molar refractivity (Wildman–Crippen MR) is 120 cm³/mol. The molecule has 30 heavy (non-hydrogen) atoms. The fourth-order valence-corrected chi connectivity index (χ4v) is 3.65. The molecule has 3 N–H and O–H groups in total. The summed E-state index contributed by atoms with van der Waals surface area (Å²) in [4.78, 5) is 34.5. The Bertz CT molecular complexity index is 748. The van der Waals surface area contributed by atoms with Crippen molar-refractivity contribution in [3.63, 3.8) is 0 Å². The SMILES string of the molecule is CC[N+](CC)(CC)C(=O)/C(=N\OCCCNC(=O)OC(C)(C)C)c1nc(N)sc1Cl. The van der Waals surface area contributed by atoms with E-state index in [-0.39, 0.29) is 37.9 Å². The van der Waals surface area contributed by atoms with Gasteiger partial charge >= 0.3 is 12.0 Å². The highest BCUT2D eigenvalue weighted by molar-refractivity contribution is 7.19. The number of amides is 2. The van der Waals surface area contributed by atoms with E-state index in [9.17, 15) is 9.59 Å². The molecule has 0 fully saturated rings. The van der Waals surface area contributed by atoms with Gasteiger partial charge in [-0.3, -0.25) is 4.48 Å². The quantitative estimate of drug-likeness (QED) is 0.238. The van der Waals surface area contributed by atoms with Crippen molar-refractivity contribution in [2.45, 2.75) is 53.6 Å². The molecule has 0 unspecified atom stereocenters. The van der Waals surface area contributed by atoms with Crippen LogP contribution in [0.2, 0.25) is 4.34 Å². The number of rotatable bonds is 10. The molecule has 11 heteroatoms. The molecule has 1 rings (SSSR count). The van der Waals surface area contributed by atoms with Gasteiger partial charge in [0.15, 0.2) is 5.13 Å². The van der Waals surface area contributed by atoms with E-state index in [1.165, 1.54) is 0 Å². The van der Waals surface area contributed by atoms with Gasteiger partial charge in [0.2, 0.25) is 5.71 Å². The number of alkyl carbamates (subject to hydrolysis) is 1. The molecule has 0 aromatic carbocycles. The van der Waals surface area contributed by atoms with Gasteiger partial charge in [-0.1, -0.05) is 28.1 Å². The maximum absolute atomic E-state index is 13.3. The van der Waals surface area contributed by atoms with Gasteiger partial charge < -0.3 is 20.6 Å². The summed E-state index contributed by atoms with van der Waals surface area (Å²) in [5.41, 5.74) is 5.48. The van der Waals surface area contributed by atoms with Crippen molar-refractivity contribution in [2.24, 2.45) is 5.16 Å². The number of nitrogens with two attached hydrogens (primary N) is 1. The highest BCUT2D eigenvalue weighted by atomic mass is 35.5. The second kappa shape index (κ2) is 11.5. The molecule has 0 bridgehead atoms. The lowest BCUT2D eigenvalue weighted by Crippen LogP contribution is -2.55. The molecule has 0 aliphatic carbocycles. The smallest absolute Gasteiger partial charge is 0.407 e. The Morgan fingerprint density at radius 2 is 1.83 bits per heavy atom. The van der Waals surface area contributed by atoms with Gasteiger partial charge in [0, 0.05) is 13.0 Å². The Labute approximate surface area is 187 Å². The molecule has 1 aromatic rings. The van der Waals surface area contributed by atoms with Crippen LogP contribution in [0.1, 0.15) is 53.7 Å². The van der Waals surface area contributed by atoms with Gasteiger partial charge in [0.25, 0.3) is 0 Å². The van der Waals surface area contributed by atoms with E-state index in [0.29, 0.717) is 32.6 Å². The van der Waals surface area contributed by atoms with Gasteiger partial charge in [0.05, 0.1) is 19.6 Å². The number of nitrogens with one attached hydrogen (secondary N) is 1. The van der Waals surface area contributed by atoms with Crippen molar-refractivity contribution in [3.8, 4) is 0 Å². The third-order valence-corrected chi connectivity index (χ3v) is 5.60. The van der Waals surface area contributed by atoms with Crippen LogP contribution in [0.3, 0.4) is 0 Å². The highest BCUT2D eigenvalue weighted by Gasteiger charge is 2.39. The van der Waals surface area contributed by atoms with Gasteiger partial charge in [-0.25, -0.2) is 14.6 Å². The van der Waals surface area contributed by atoms with Gasteiger partial charge in [-0.15, -0.1) is 0 Å². The van der Waals surface area contributed by atoms with E-state index in [4.69, 9.17) is 26.9 Å². The molecular weight excluding hydrogens is 430 g/mol. The Hall–Kier alpha value is -1.91. The number of hydrogen-bond acceptors (Lipinski definition) is 8. The zero-order chi connectivity index (χ0) is 22.9. The lowest BCUT2D eigenvalue weighted by Gasteiger charge is -2.32. The van der Waals surface area contributed by atoms with Crippen molar-refractivity contribution in [2.75, 3.05) is 38.5 Å². The second-order valence-electron chi connectivity index (χ2n) is 7.63. The molecule has 0 radical (unpaired) electrons. The first-order valence-electron chi connectivity index (χ1n) is 9.99. The predicted octanol–water partition coefficient (Wildman–Crippen LogP) is 3.42. The molecule has 0 atom stereocenters. The molecule has 1 heterocycles. The number of nitrogens with zero attached hydrogens (tertiary/aromatic N) is 3. The normalized spacial score (nSPS) is 12.6. The van der Waals surface area contributed by atoms with Gasteiger partial charge in [-0.05, 0) is 41.5 Å². The van der Waals surface area contributed by atoms with E-state index in [2.05, 4.69) is 15.5 Å². The van der Waals surface area contributed by atoms with Gasteiger partial charge in [-0.2, -0.15) is 0 Å². The minimum absolute atomic E-state index is 0.0543. The zero-order valence-corrected chi connectivity index (χ0v) is 20.2. The van der Waals surface area contributed by atoms with Crippen LogP contribution in [0.25, 0.3) is 0 Å². The van der Waals surface area contributed by atoms with Crippen molar-refractivity contribution in [3.05, 3.63) is 10.0 Å². The summed E-state index contributed by atoms with van der Waals surface area (Å²) < 4.78 is 5.64. The summed E-state index contributed by atoms with van der Waals surface area (Å²) >= 11 is 7.31. The molecule has 0 spiro atoms. The summed E-state index contributed by atoms with van der Waals surface area (Å²) in [6.45, 7) is 13.5. The van der Waals surface area contributed by atoms with Crippen molar-refractivity contribution in [1.29, 1.82) is 0 Å². The number of aromatic nitrogens is 1. The number of hydrogen-bond donors (Lipinski definition) is 2. The molecule has 0 saturated carbocycles. The first-order chi connectivity index (χ1) is 14.0. The third kappa shape index (κ3) is 7.41. The van der Waals surface area contributed by atoms with E-state index in [1.807, 2.05) is 20.8 Å². The molecule has 0 aliphatic heterocycles. The summed E-state index contributed by atoms with van der Waals surface area (Å²) in [5.74, 6) is -0.221. The maximum Gasteiger partial charge on any atom is 0.407 e. The fourth-order valence-electron chi connectivity index (χ4n) is 2.72. The first kappa shape index (κ1) is 26.1. The van der Waals surface area contributed by atoms with Crippen LogP contribution in [0.4, 0.5) is 9.93 Å². The Balaban J connectivity index is 2.84. The fraction of sp³-hybridized carbons (Fsp3) is 0.684. The monoisotopic (exact) mass is 462 g/mol. The minimum Gasteiger partial charge on any atom is -0.444 e. The van der Waals surface area contributed by atoms with Crippen LogP contribution in [-0.2, 0) is 14.4 Å². The Morgan fingerprint density at radius 1 is 1.23 bits per heavy atom. The van der Waals surface area contributed by atoms with Crippen LogP contribution < -0.4 is 11.1 Å². The summed E-state index contributed by atoms with van der Waals surface area (Å²) in [6, 6.07) is 0. The maximum atomic E-state index is 13.3. The number of carbonyl (C=O) groups excluding carboxylic acids is 2. The number of oxime groups is 1. The van der Waals surface area contributed by atoms with E-state index in [1.54, 1.807) is 20.8 Å². The first-order valence-corrected chi connectivity index (χ1v) is 11.2. The zero-order valence-electron chi connectivity index (χ0n) is 18.6. The van der Waals surface area contributed by atoms with Crippen molar-refractivity contribution >= 4 is 45.8 Å². The van der Waals surface area contributed by atoms with E-state index < -0.39 is 11.7 Å². The molecule has 2 amide bonds. The average Bonchev–Trinajstić information content (AvgIpc) is 2.99. The van der Waals surface area contributed by atoms with E-state index in [0.717, 1.165) is 11.3 Å². The molecule has 0 aliphatic rings. The van der Waals surface area contributed by atoms with Crippen LogP contribution in [0.15, 0.2) is 5.16 Å². The minimum atomic E-state index is -0.558. The largest absolute Gasteiger partial charge is 0.444 e. The summed E-state index contributed by atoms with van der Waals surface area (Å²) in [6.07, 6.45) is -0.0190. The highest BCUT2D eigenvalue weighted by Crippen LogP contribution is 2.28. The topological polar surface area (TPSA) is 116 Å². The number of thiazole rings is 1. The number of likely N-dealkylation sites (N-methyl/N-ethyl adjacent to an activating group) is 1. The number of anilines is 1. The molecule has 0 saturated heterocycles. The van der Waals surface area contributed by atoms with E-state index >= 15 is 0 Å². The Morgan fingerprint density at radius 3 is 2.30 bits per heavy atom. The van der Waals surface area contributed by atoms with Crippen LogP contribution in [-0.4, -0.2) is 65.6 Å². The molecule has 170 valence electrons. The average molecular weight is 463 g/mol. The van der Waals surface area contributed by atoms with Crippen molar-refractivity contribution < 1.29 is 23.6 Å². The van der Waals surface area contributed by atoms with Crippen molar-refractivity contribution in [1.82, 2.24) is 10.3 Å². The summed E-state index contributed by atoms with van der Waals surface area (Å²) in [5, 5.41) is 6.95. The lowest BCUT2D eigenvalue weighted by molar-refractivity contribution is -0.845. The third-order valence-electron chi connectivity index (χ3n) is 4.51.